The molecule has 0 radical (unpaired) electrons. The molecule has 1 aliphatic rings. The molecule has 0 saturated heterocycles. The Morgan fingerprint density at radius 2 is 1.89 bits per heavy atom. The molecule has 2 N–H and O–H groups in total. The van der Waals surface area contributed by atoms with Gasteiger partial charge in [-0.1, -0.05) is 38.3 Å². The van der Waals surface area contributed by atoms with E-state index in [1.54, 1.807) is 7.11 Å². The first-order valence-corrected chi connectivity index (χ1v) is 7.29. The van der Waals surface area contributed by atoms with E-state index in [9.17, 15) is 0 Å². The van der Waals surface area contributed by atoms with Crippen LogP contribution in [0.25, 0.3) is 0 Å². The molecule has 0 spiro atoms. The lowest BCUT2D eigenvalue weighted by molar-refractivity contribution is -0.0306. The summed E-state index contributed by atoms with van der Waals surface area (Å²) < 4.78 is 11.1. The molecule has 0 aromatic carbocycles. The summed E-state index contributed by atoms with van der Waals surface area (Å²) in [6, 6.07) is 0. The Kier molecular flexibility index (Phi) is 4.26. The highest BCUT2D eigenvalue weighted by molar-refractivity contribution is 5.08. The molecule has 0 aliphatic heterocycles. The maximum absolute atomic E-state index is 6.42. The largest absolute Gasteiger partial charge is 0.370 e. The van der Waals surface area contributed by atoms with E-state index in [0.29, 0.717) is 11.7 Å². The van der Waals surface area contributed by atoms with E-state index < -0.39 is 11.1 Å². The lowest BCUT2D eigenvalue weighted by atomic mass is 9.82. The van der Waals surface area contributed by atoms with Crippen LogP contribution in [-0.2, 0) is 15.9 Å². The van der Waals surface area contributed by atoms with Crippen molar-refractivity contribution >= 4 is 0 Å². The first kappa shape index (κ1) is 14.5. The fourth-order valence-corrected chi connectivity index (χ4v) is 2.95. The molecule has 1 aliphatic carbocycles. The van der Waals surface area contributed by atoms with Crippen LogP contribution in [0, 0.1) is 0 Å². The van der Waals surface area contributed by atoms with E-state index in [1.807, 2.05) is 0 Å². The molecule has 1 saturated carbocycles. The van der Waals surface area contributed by atoms with E-state index in [-0.39, 0.29) is 0 Å². The van der Waals surface area contributed by atoms with Gasteiger partial charge in [0.1, 0.15) is 5.60 Å². The summed E-state index contributed by atoms with van der Waals surface area (Å²) in [5.74, 6) is 1.20. The number of nitrogens with zero attached hydrogens (tertiary/aromatic N) is 2. The highest BCUT2D eigenvalue weighted by atomic mass is 16.5. The fraction of sp³-hybridized carbons (Fsp3) is 0.857. The molecular weight excluding hydrogens is 242 g/mol. The molecule has 1 aromatic rings. The quantitative estimate of drug-likeness (QED) is 0.888. The van der Waals surface area contributed by atoms with E-state index in [4.69, 9.17) is 15.0 Å². The maximum Gasteiger partial charge on any atom is 0.246 e. The molecule has 1 heterocycles. The summed E-state index contributed by atoms with van der Waals surface area (Å²) in [5.41, 5.74) is 5.53. The van der Waals surface area contributed by atoms with Crippen molar-refractivity contribution in [2.24, 2.45) is 5.73 Å². The third-order valence-corrected chi connectivity index (χ3v) is 4.54. The van der Waals surface area contributed by atoms with Crippen LogP contribution < -0.4 is 5.73 Å². The standard InChI is InChI=1S/C14H25N3O2/c1-4-14(5-2,18-3)11-16-12(19-17-11)13(15)9-7-6-8-10-13/h4-10,15H2,1-3H3. The van der Waals surface area contributed by atoms with Gasteiger partial charge in [-0.2, -0.15) is 4.98 Å². The van der Waals surface area contributed by atoms with Crippen LogP contribution in [0.2, 0.25) is 0 Å². The number of aromatic nitrogens is 2. The van der Waals surface area contributed by atoms with Crippen LogP contribution in [0.15, 0.2) is 4.52 Å². The van der Waals surface area contributed by atoms with Crippen molar-refractivity contribution in [2.45, 2.75) is 69.9 Å². The highest BCUT2D eigenvalue weighted by Crippen LogP contribution is 2.36. The van der Waals surface area contributed by atoms with Crippen molar-refractivity contribution in [3.63, 3.8) is 0 Å². The summed E-state index contributed by atoms with van der Waals surface area (Å²) in [5, 5.41) is 4.13. The Hall–Kier alpha value is -0.940. The lowest BCUT2D eigenvalue weighted by Gasteiger charge is -2.29. The SMILES string of the molecule is CCC(CC)(OC)c1noc(C2(N)CCCCC2)n1. The molecule has 0 unspecified atom stereocenters. The van der Waals surface area contributed by atoms with Gasteiger partial charge in [0, 0.05) is 7.11 Å². The average Bonchev–Trinajstić information content (AvgIpc) is 2.93. The van der Waals surface area contributed by atoms with Gasteiger partial charge < -0.3 is 15.0 Å². The number of rotatable bonds is 5. The van der Waals surface area contributed by atoms with Gasteiger partial charge in [0.15, 0.2) is 0 Å². The minimum absolute atomic E-state index is 0.440. The second-order valence-electron chi connectivity index (χ2n) is 5.55. The summed E-state index contributed by atoms with van der Waals surface area (Å²) >= 11 is 0. The number of hydrogen-bond donors (Lipinski definition) is 1. The molecule has 19 heavy (non-hydrogen) atoms. The molecule has 1 fully saturated rings. The van der Waals surface area contributed by atoms with Crippen molar-refractivity contribution in [1.29, 1.82) is 0 Å². The van der Waals surface area contributed by atoms with E-state index in [0.717, 1.165) is 38.5 Å². The molecule has 5 nitrogen and oxygen atoms in total. The van der Waals surface area contributed by atoms with E-state index in [2.05, 4.69) is 24.0 Å². The maximum atomic E-state index is 6.42. The zero-order chi connectivity index (χ0) is 13.9. The third-order valence-electron chi connectivity index (χ3n) is 4.54. The number of hydrogen-bond acceptors (Lipinski definition) is 5. The predicted octanol–water partition coefficient (Wildman–Crippen LogP) is 2.85. The second-order valence-corrected chi connectivity index (χ2v) is 5.55. The van der Waals surface area contributed by atoms with Gasteiger partial charge in [-0.25, -0.2) is 0 Å². The third kappa shape index (κ3) is 2.54. The summed E-state index contributed by atoms with van der Waals surface area (Å²) in [6.07, 6.45) is 6.98. The van der Waals surface area contributed by atoms with Crippen molar-refractivity contribution in [3.8, 4) is 0 Å². The molecule has 0 atom stereocenters. The van der Waals surface area contributed by atoms with Gasteiger partial charge in [-0.15, -0.1) is 0 Å². The van der Waals surface area contributed by atoms with Crippen LogP contribution in [0.3, 0.4) is 0 Å². The highest BCUT2D eigenvalue weighted by Gasteiger charge is 2.39. The summed E-state index contributed by atoms with van der Waals surface area (Å²) in [4.78, 5) is 4.56. The topological polar surface area (TPSA) is 74.2 Å². The van der Waals surface area contributed by atoms with Gasteiger partial charge in [-0.05, 0) is 25.7 Å². The number of ether oxygens (including phenoxy) is 1. The Bertz CT molecular complexity index is 398. The molecular formula is C14H25N3O2. The van der Waals surface area contributed by atoms with Crippen LogP contribution in [-0.4, -0.2) is 17.3 Å². The van der Waals surface area contributed by atoms with E-state index >= 15 is 0 Å². The fourth-order valence-electron chi connectivity index (χ4n) is 2.95. The smallest absolute Gasteiger partial charge is 0.246 e. The minimum atomic E-state index is -0.452. The normalized spacial score (nSPS) is 19.6. The zero-order valence-corrected chi connectivity index (χ0v) is 12.2. The monoisotopic (exact) mass is 267 g/mol. The first-order chi connectivity index (χ1) is 9.10. The van der Waals surface area contributed by atoms with Crippen LogP contribution in [0.5, 0.6) is 0 Å². The molecule has 2 rings (SSSR count). The van der Waals surface area contributed by atoms with Crippen molar-refractivity contribution in [3.05, 3.63) is 11.7 Å². The second kappa shape index (κ2) is 5.59. The molecule has 0 bridgehead atoms. The van der Waals surface area contributed by atoms with Crippen molar-refractivity contribution in [1.82, 2.24) is 10.1 Å². The average molecular weight is 267 g/mol. The molecule has 108 valence electrons. The van der Waals surface area contributed by atoms with Gasteiger partial charge in [0.05, 0.1) is 5.54 Å². The molecule has 1 aromatic heterocycles. The van der Waals surface area contributed by atoms with Crippen LogP contribution >= 0.6 is 0 Å². The van der Waals surface area contributed by atoms with Gasteiger partial charge in [0.2, 0.25) is 11.7 Å². The van der Waals surface area contributed by atoms with Crippen molar-refractivity contribution in [2.75, 3.05) is 7.11 Å². The molecule has 5 heteroatoms. The van der Waals surface area contributed by atoms with Crippen molar-refractivity contribution < 1.29 is 9.26 Å². The summed E-state index contributed by atoms with van der Waals surface area (Å²) in [6.45, 7) is 4.14. The number of nitrogens with two attached hydrogens (primary N) is 1. The van der Waals surface area contributed by atoms with Crippen LogP contribution in [0.4, 0.5) is 0 Å². The Balaban J connectivity index is 2.27. The minimum Gasteiger partial charge on any atom is -0.370 e. The first-order valence-electron chi connectivity index (χ1n) is 7.29. The summed E-state index contributed by atoms with van der Waals surface area (Å²) in [7, 11) is 1.70. The van der Waals surface area contributed by atoms with Gasteiger partial charge >= 0.3 is 0 Å². The Morgan fingerprint density at radius 3 is 2.42 bits per heavy atom. The van der Waals surface area contributed by atoms with E-state index in [1.165, 1.54) is 6.42 Å². The lowest BCUT2D eigenvalue weighted by Crippen LogP contribution is -2.39. The van der Waals surface area contributed by atoms with Crippen LogP contribution in [0.1, 0.15) is 70.5 Å². The zero-order valence-electron chi connectivity index (χ0n) is 12.2. The van der Waals surface area contributed by atoms with Gasteiger partial charge in [-0.3, -0.25) is 0 Å². The Morgan fingerprint density at radius 1 is 1.26 bits per heavy atom. The molecule has 0 amide bonds. The Labute approximate surface area is 114 Å². The number of methoxy groups -OCH3 is 1. The van der Waals surface area contributed by atoms with Gasteiger partial charge in [0.25, 0.3) is 0 Å². The predicted molar refractivity (Wildman–Crippen MR) is 72.5 cm³/mol.